The van der Waals surface area contributed by atoms with Crippen LogP contribution in [0.3, 0.4) is 0 Å². The summed E-state index contributed by atoms with van der Waals surface area (Å²) in [5, 5.41) is 7.16. The number of carbonyl (C=O) groups is 1. The molecule has 172 valence electrons. The molecule has 2 aromatic carbocycles. The highest BCUT2D eigenvalue weighted by atomic mass is 16.5. The Bertz CT molecular complexity index is 1220. The Morgan fingerprint density at radius 3 is 2.64 bits per heavy atom. The Hall–Kier alpha value is -3.61. The van der Waals surface area contributed by atoms with Crippen LogP contribution >= 0.6 is 0 Å². The monoisotopic (exact) mass is 446 g/mol. The van der Waals surface area contributed by atoms with Gasteiger partial charge in [0.15, 0.2) is 0 Å². The highest BCUT2D eigenvalue weighted by molar-refractivity contribution is 5.96. The maximum atomic E-state index is 13.3. The summed E-state index contributed by atoms with van der Waals surface area (Å²) in [6.07, 6.45) is 2.67. The van der Waals surface area contributed by atoms with Crippen LogP contribution in [-0.4, -0.2) is 27.7 Å². The lowest BCUT2D eigenvalue weighted by molar-refractivity contribution is 0.0932. The Balaban J connectivity index is 1.79. The van der Waals surface area contributed by atoms with Crippen LogP contribution < -0.4 is 10.1 Å². The van der Waals surface area contributed by atoms with E-state index in [4.69, 9.17) is 14.2 Å². The molecule has 0 spiro atoms. The summed E-state index contributed by atoms with van der Waals surface area (Å²) in [6.45, 7) is 6.51. The first-order valence-electron chi connectivity index (χ1n) is 11.3. The van der Waals surface area contributed by atoms with E-state index in [-0.39, 0.29) is 11.9 Å². The van der Waals surface area contributed by atoms with Crippen molar-refractivity contribution in [2.24, 2.45) is 0 Å². The van der Waals surface area contributed by atoms with Gasteiger partial charge in [-0.05, 0) is 44.4 Å². The second-order valence-electron chi connectivity index (χ2n) is 8.24. The molecule has 1 N–H and O–H groups in total. The van der Waals surface area contributed by atoms with E-state index in [1.165, 1.54) is 0 Å². The van der Waals surface area contributed by atoms with Crippen molar-refractivity contribution in [1.82, 2.24) is 20.0 Å². The molecule has 2 aromatic heterocycles. The van der Waals surface area contributed by atoms with Crippen molar-refractivity contribution in [2.75, 3.05) is 7.11 Å². The maximum absolute atomic E-state index is 13.3. The van der Waals surface area contributed by atoms with Crippen LogP contribution in [0.2, 0.25) is 0 Å². The van der Waals surface area contributed by atoms with Gasteiger partial charge in [0.25, 0.3) is 5.91 Å². The predicted molar refractivity (Wildman–Crippen MR) is 128 cm³/mol. The normalized spacial score (nSPS) is 12.1. The Morgan fingerprint density at radius 1 is 1.18 bits per heavy atom. The topological polar surface area (TPSA) is 82.2 Å². The van der Waals surface area contributed by atoms with Crippen molar-refractivity contribution in [3.8, 4) is 5.75 Å². The van der Waals surface area contributed by atoms with E-state index in [1.54, 1.807) is 21.0 Å². The van der Waals surface area contributed by atoms with Crippen molar-refractivity contribution < 1.29 is 14.1 Å². The molecular weight excluding hydrogens is 416 g/mol. The molecule has 4 aromatic rings. The molecule has 0 aliphatic carbocycles. The van der Waals surface area contributed by atoms with Crippen LogP contribution in [0.1, 0.15) is 59.0 Å². The van der Waals surface area contributed by atoms with Gasteiger partial charge < -0.3 is 19.1 Å². The smallest absolute Gasteiger partial charge is 0.257 e. The number of ether oxygens (including phenoxy) is 1. The molecule has 2 heterocycles. The van der Waals surface area contributed by atoms with Gasteiger partial charge in [0.05, 0.1) is 29.9 Å². The number of aromatic nitrogens is 3. The zero-order valence-electron chi connectivity index (χ0n) is 19.6. The number of nitrogens with one attached hydrogen (secondary N) is 1. The average molecular weight is 447 g/mol. The largest absolute Gasteiger partial charge is 0.497 e. The van der Waals surface area contributed by atoms with Crippen molar-refractivity contribution in [3.05, 3.63) is 76.9 Å². The lowest BCUT2D eigenvalue weighted by Gasteiger charge is -2.20. The number of imidazole rings is 1. The molecule has 0 radical (unpaired) electrons. The summed E-state index contributed by atoms with van der Waals surface area (Å²) in [5.74, 6) is 1.91. The fraction of sp³-hybridized carbons (Fsp3) is 0.346. The zero-order chi connectivity index (χ0) is 23.4. The highest BCUT2D eigenvalue weighted by Crippen LogP contribution is 2.28. The average Bonchev–Trinajstić information content (AvgIpc) is 3.36. The van der Waals surface area contributed by atoms with Crippen molar-refractivity contribution in [3.63, 3.8) is 0 Å². The van der Waals surface area contributed by atoms with E-state index >= 15 is 0 Å². The first-order valence-corrected chi connectivity index (χ1v) is 11.3. The van der Waals surface area contributed by atoms with Gasteiger partial charge in [-0.3, -0.25) is 4.79 Å². The number of aryl methyl sites for hydroxylation is 3. The number of hydrogen-bond acceptors (Lipinski definition) is 5. The van der Waals surface area contributed by atoms with E-state index in [2.05, 4.69) is 34.1 Å². The first kappa shape index (κ1) is 22.6. The van der Waals surface area contributed by atoms with Crippen molar-refractivity contribution in [1.29, 1.82) is 0 Å². The standard InChI is InChI=1S/C26H30N4O3/c1-5-6-14-30-23-16-20(32-4)12-13-21(23)27-25(30)22(15-19-10-8-7-9-11-19)28-26(31)24-17(2)29-33-18(24)3/h7-13,16,22H,5-6,14-15H2,1-4H3,(H,28,31). The highest BCUT2D eigenvalue weighted by Gasteiger charge is 2.26. The molecule has 1 unspecified atom stereocenters. The summed E-state index contributed by atoms with van der Waals surface area (Å²) in [5.41, 5.74) is 4.06. The molecule has 7 nitrogen and oxygen atoms in total. The molecule has 33 heavy (non-hydrogen) atoms. The van der Waals surface area contributed by atoms with Gasteiger partial charge in [0.1, 0.15) is 22.9 Å². The summed E-state index contributed by atoms with van der Waals surface area (Å²) in [6, 6.07) is 15.7. The first-order chi connectivity index (χ1) is 16.0. The van der Waals surface area contributed by atoms with E-state index in [1.807, 2.05) is 36.4 Å². The molecular formula is C26H30N4O3. The van der Waals surface area contributed by atoms with Gasteiger partial charge in [-0.1, -0.05) is 48.8 Å². The minimum atomic E-state index is -0.330. The molecule has 0 bridgehead atoms. The Morgan fingerprint density at radius 2 is 1.97 bits per heavy atom. The van der Waals surface area contributed by atoms with E-state index in [0.29, 0.717) is 23.4 Å². The van der Waals surface area contributed by atoms with Crippen LogP contribution in [-0.2, 0) is 13.0 Å². The van der Waals surface area contributed by atoms with E-state index in [0.717, 1.165) is 47.6 Å². The molecule has 1 amide bonds. The van der Waals surface area contributed by atoms with Crippen LogP contribution in [0.25, 0.3) is 11.0 Å². The van der Waals surface area contributed by atoms with Crippen molar-refractivity contribution >= 4 is 16.9 Å². The maximum Gasteiger partial charge on any atom is 0.257 e. The second kappa shape index (κ2) is 9.90. The Labute approximate surface area is 193 Å². The number of nitrogens with zero attached hydrogens (tertiary/aromatic N) is 3. The number of methoxy groups -OCH3 is 1. The third-order valence-electron chi connectivity index (χ3n) is 5.88. The molecule has 4 rings (SSSR count). The molecule has 0 fully saturated rings. The Kier molecular flexibility index (Phi) is 6.77. The van der Waals surface area contributed by atoms with Crippen molar-refractivity contribution in [2.45, 2.75) is 52.6 Å². The summed E-state index contributed by atoms with van der Waals surface area (Å²) in [7, 11) is 1.66. The number of amides is 1. The van der Waals surface area contributed by atoms with Crippen LogP contribution in [0.15, 0.2) is 53.1 Å². The van der Waals surface area contributed by atoms with E-state index in [9.17, 15) is 4.79 Å². The number of unbranched alkanes of at least 4 members (excludes halogenated alkanes) is 1. The lowest BCUT2D eigenvalue weighted by atomic mass is 10.0. The summed E-state index contributed by atoms with van der Waals surface area (Å²) < 4.78 is 12.9. The fourth-order valence-corrected chi connectivity index (χ4v) is 4.16. The number of hydrogen-bond donors (Lipinski definition) is 1. The van der Waals surface area contributed by atoms with Crippen LogP contribution in [0.4, 0.5) is 0 Å². The van der Waals surface area contributed by atoms with Gasteiger partial charge in [-0.15, -0.1) is 0 Å². The zero-order valence-corrected chi connectivity index (χ0v) is 19.6. The predicted octanol–water partition coefficient (Wildman–Crippen LogP) is 5.16. The second-order valence-corrected chi connectivity index (χ2v) is 8.24. The number of carbonyl (C=O) groups excluding carboxylic acids is 1. The van der Waals surface area contributed by atoms with Gasteiger partial charge in [0.2, 0.25) is 0 Å². The molecule has 0 aliphatic heterocycles. The minimum Gasteiger partial charge on any atom is -0.497 e. The van der Waals surface area contributed by atoms with Gasteiger partial charge in [0, 0.05) is 12.6 Å². The minimum absolute atomic E-state index is 0.209. The molecule has 1 atom stereocenters. The van der Waals surface area contributed by atoms with Crippen LogP contribution in [0, 0.1) is 13.8 Å². The SMILES string of the molecule is CCCCn1c(C(Cc2ccccc2)NC(=O)c2c(C)noc2C)nc2ccc(OC)cc21. The van der Waals surface area contributed by atoms with Gasteiger partial charge in [-0.25, -0.2) is 4.98 Å². The third kappa shape index (κ3) is 4.77. The number of benzene rings is 2. The molecule has 0 saturated carbocycles. The van der Waals surface area contributed by atoms with E-state index < -0.39 is 0 Å². The lowest BCUT2D eigenvalue weighted by Crippen LogP contribution is -2.32. The van der Waals surface area contributed by atoms with Gasteiger partial charge >= 0.3 is 0 Å². The summed E-state index contributed by atoms with van der Waals surface area (Å²) >= 11 is 0. The molecule has 0 saturated heterocycles. The van der Waals surface area contributed by atoms with Crippen LogP contribution in [0.5, 0.6) is 5.75 Å². The molecule has 0 aliphatic rings. The molecule has 7 heteroatoms. The summed E-state index contributed by atoms with van der Waals surface area (Å²) in [4.78, 5) is 18.3. The fourth-order valence-electron chi connectivity index (χ4n) is 4.16. The quantitative estimate of drug-likeness (QED) is 0.384. The number of fused-ring (bicyclic) bond motifs is 1. The number of rotatable bonds is 9. The third-order valence-corrected chi connectivity index (χ3v) is 5.88. The van der Waals surface area contributed by atoms with Gasteiger partial charge in [-0.2, -0.15) is 0 Å².